The van der Waals surface area contributed by atoms with E-state index in [0.717, 1.165) is 50.6 Å². The van der Waals surface area contributed by atoms with Crippen molar-refractivity contribution >= 4 is 5.97 Å². The van der Waals surface area contributed by atoms with Crippen molar-refractivity contribution in [2.45, 2.75) is 13.1 Å². The number of esters is 1. The van der Waals surface area contributed by atoms with E-state index in [2.05, 4.69) is 6.07 Å². The number of nitrogens with one attached hydrogen (secondary N) is 2. The standard InChI is InChI=1S/C23H30N2O5/c1-27-20-10-9-19(21(28-2)22(20)29-3)16-25-13-11-24(12-14-25)15-17-5-7-18(8-6-17)23(26)30-4/h5-10H,11-16H2,1-4H3/p+2. The number of methoxy groups -OCH3 is 4. The zero-order valence-electron chi connectivity index (χ0n) is 18.2. The van der Waals surface area contributed by atoms with Gasteiger partial charge in [0.15, 0.2) is 11.5 Å². The van der Waals surface area contributed by atoms with Crippen LogP contribution in [0.4, 0.5) is 0 Å². The summed E-state index contributed by atoms with van der Waals surface area (Å²) in [6.07, 6.45) is 0. The van der Waals surface area contributed by atoms with Crippen LogP contribution in [0.5, 0.6) is 17.2 Å². The molecule has 1 aliphatic rings. The van der Waals surface area contributed by atoms with Crippen LogP contribution in [0, 0.1) is 0 Å². The minimum absolute atomic E-state index is 0.295. The minimum atomic E-state index is -0.295. The van der Waals surface area contributed by atoms with Crippen molar-refractivity contribution in [1.82, 2.24) is 0 Å². The predicted octanol–water partition coefficient (Wildman–Crippen LogP) is -0.0174. The predicted molar refractivity (Wildman–Crippen MR) is 113 cm³/mol. The van der Waals surface area contributed by atoms with Crippen molar-refractivity contribution in [2.24, 2.45) is 0 Å². The van der Waals surface area contributed by atoms with Crippen LogP contribution in [-0.2, 0) is 17.8 Å². The first-order chi connectivity index (χ1) is 14.6. The molecular weight excluding hydrogens is 384 g/mol. The van der Waals surface area contributed by atoms with Gasteiger partial charge in [-0.05, 0) is 24.3 Å². The van der Waals surface area contributed by atoms with Gasteiger partial charge in [0.1, 0.15) is 39.3 Å². The van der Waals surface area contributed by atoms with E-state index in [1.54, 1.807) is 26.2 Å². The van der Waals surface area contributed by atoms with Gasteiger partial charge < -0.3 is 28.7 Å². The highest BCUT2D eigenvalue weighted by Gasteiger charge is 2.26. The highest BCUT2D eigenvalue weighted by atomic mass is 16.5. The van der Waals surface area contributed by atoms with E-state index in [-0.39, 0.29) is 5.97 Å². The zero-order valence-corrected chi connectivity index (χ0v) is 18.2. The first-order valence-electron chi connectivity index (χ1n) is 10.2. The molecule has 1 fully saturated rings. The number of carbonyl (C=O) groups excluding carboxylic acids is 1. The molecule has 30 heavy (non-hydrogen) atoms. The van der Waals surface area contributed by atoms with E-state index in [9.17, 15) is 4.79 Å². The number of piperazine rings is 1. The van der Waals surface area contributed by atoms with Crippen LogP contribution in [0.3, 0.4) is 0 Å². The second kappa shape index (κ2) is 10.3. The van der Waals surface area contributed by atoms with Gasteiger partial charge >= 0.3 is 5.97 Å². The number of quaternary nitrogens is 2. The Hall–Kier alpha value is -2.77. The number of rotatable bonds is 8. The van der Waals surface area contributed by atoms with Crippen molar-refractivity contribution in [1.29, 1.82) is 0 Å². The molecule has 0 unspecified atom stereocenters. The van der Waals surface area contributed by atoms with Crippen molar-refractivity contribution in [3.05, 3.63) is 53.1 Å². The quantitative estimate of drug-likeness (QED) is 0.593. The molecule has 0 saturated carbocycles. The Bertz CT molecular complexity index is 845. The Labute approximate surface area is 178 Å². The summed E-state index contributed by atoms with van der Waals surface area (Å²) in [5.41, 5.74) is 2.96. The Kier molecular flexibility index (Phi) is 7.54. The number of benzene rings is 2. The largest absolute Gasteiger partial charge is 0.493 e. The maximum absolute atomic E-state index is 11.6. The summed E-state index contributed by atoms with van der Waals surface area (Å²) in [5, 5.41) is 0. The van der Waals surface area contributed by atoms with Crippen LogP contribution >= 0.6 is 0 Å². The van der Waals surface area contributed by atoms with Crippen molar-refractivity contribution in [3.8, 4) is 17.2 Å². The minimum Gasteiger partial charge on any atom is -0.493 e. The normalized spacial score (nSPS) is 18.5. The lowest BCUT2D eigenvalue weighted by Crippen LogP contribution is -3.27. The molecule has 162 valence electrons. The van der Waals surface area contributed by atoms with Gasteiger partial charge in [0.2, 0.25) is 5.75 Å². The number of hydrogen-bond acceptors (Lipinski definition) is 5. The molecule has 0 bridgehead atoms. The van der Waals surface area contributed by atoms with Gasteiger partial charge in [-0.25, -0.2) is 4.79 Å². The van der Waals surface area contributed by atoms with Crippen molar-refractivity contribution in [3.63, 3.8) is 0 Å². The number of hydrogen-bond donors (Lipinski definition) is 2. The van der Waals surface area contributed by atoms with Crippen LogP contribution in [0.15, 0.2) is 36.4 Å². The average molecular weight is 417 g/mol. The van der Waals surface area contributed by atoms with E-state index < -0.39 is 0 Å². The van der Waals surface area contributed by atoms with E-state index in [1.807, 2.05) is 30.3 Å². The van der Waals surface area contributed by atoms with Gasteiger partial charge in [-0.1, -0.05) is 12.1 Å². The second-order valence-electron chi connectivity index (χ2n) is 7.54. The van der Waals surface area contributed by atoms with E-state index in [4.69, 9.17) is 18.9 Å². The lowest BCUT2D eigenvalue weighted by Gasteiger charge is -2.30. The van der Waals surface area contributed by atoms with Crippen molar-refractivity contribution in [2.75, 3.05) is 54.6 Å². The lowest BCUT2D eigenvalue weighted by molar-refractivity contribution is -1.02. The molecule has 3 rings (SSSR count). The van der Waals surface area contributed by atoms with Gasteiger partial charge in [-0.2, -0.15) is 0 Å². The highest BCUT2D eigenvalue weighted by Crippen LogP contribution is 2.39. The summed E-state index contributed by atoms with van der Waals surface area (Å²) in [6.45, 7) is 6.24. The third-order valence-corrected chi connectivity index (χ3v) is 5.72. The van der Waals surface area contributed by atoms with Crippen LogP contribution in [0.1, 0.15) is 21.5 Å². The molecule has 1 saturated heterocycles. The molecule has 1 heterocycles. The summed E-state index contributed by atoms with van der Waals surface area (Å²) in [6, 6.07) is 11.7. The fourth-order valence-electron chi connectivity index (χ4n) is 4.05. The third-order valence-electron chi connectivity index (χ3n) is 5.72. The summed E-state index contributed by atoms with van der Waals surface area (Å²) in [4.78, 5) is 14.7. The van der Waals surface area contributed by atoms with Gasteiger partial charge in [0.25, 0.3) is 0 Å². The molecule has 2 aromatic carbocycles. The summed E-state index contributed by atoms with van der Waals surface area (Å²) in [5.74, 6) is 1.79. The highest BCUT2D eigenvalue weighted by molar-refractivity contribution is 5.89. The number of ether oxygens (including phenoxy) is 4. The molecule has 0 amide bonds. The molecule has 2 N–H and O–H groups in total. The maximum atomic E-state index is 11.6. The molecule has 0 aromatic heterocycles. The molecular formula is C23H32N2O5+2. The van der Waals surface area contributed by atoms with E-state index >= 15 is 0 Å². The SMILES string of the molecule is COC(=O)c1ccc(C[NH+]2CC[NH+](Cc3ccc(OC)c(OC)c3OC)CC2)cc1. The van der Waals surface area contributed by atoms with Crippen LogP contribution < -0.4 is 24.0 Å². The van der Waals surface area contributed by atoms with Crippen molar-refractivity contribution < 1.29 is 33.5 Å². The van der Waals surface area contributed by atoms with E-state index in [1.165, 1.54) is 17.6 Å². The molecule has 0 spiro atoms. The van der Waals surface area contributed by atoms with Gasteiger partial charge in [-0.15, -0.1) is 0 Å². The molecule has 0 atom stereocenters. The Morgan fingerprint density at radius 3 is 1.90 bits per heavy atom. The van der Waals surface area contributed by atoms with Crippen LogP contribution in [0.25, 0.3) is 0 Å². The molecule has 0 radical (unpaired) electrons. The summed E-state index contributed by atoms with van der Waals surface area (Å²) < 4.78 is 21.3. The molecule has 0 aliphatic carbocycles. The van der Waals surface area contributed by atoms with Gasteiger partial charge in [0, 0.05) is 5.56 Å². The first-order valence-corrected chi connectivity index (χ1v) is 10.2. The third kappa shape index (κ3) is 5.04. The molecule has 7 heteroatoms. The summed E-state index contributed by atoms with van der Waals surface area (Å²) in [7, 11) is 6.34. The Balaban J connectivity index is 1.57. The van der Waals surface area contributed by atoms with Crippen LogP contribution in [-0.4, -0.2) is 60.6 Å². The molecule has 2 aromatic rings. The van der Waals surface area contributed by atoms with Gasteiger partial charge in [0.05, 0.1) is 39.6 Å². The monoisotopic (exact) mass is 416 g/mol. The fraction of sp³-hybridized carbons (Fsp3) is 0.435. The Morgan fingerprint density at radius 1 is 0.767 bits per heavy atom. The summed E-state index contributed by atoms with van der Waals surface area (Å²) >= 11 is 0. The molecule has 7 nitrogen and oxygen atoms in total. The maximum Gasteiger partial charge on any atom is 0.337 e. The topological polar surface area (TPSA) is 62.9 Å². The van der Waals surface area contributed by atoms with E-state index in [0.29, 0.717) is 17.1 Å². The smallest absolute Gasteiger partial charge is 0.337 e. The zero-order chi connectivity index (χ0) is 21.5. The number of carbonyl (C=O) groups is 1. The first kappa shape index (κ1) is 21.9. The Morgan fingerprint density at radius 2 is 1.37 bits per heavy atom. The van der Waals surface area contributed by atoms with Gasteiger partial charge in [-0.3, -0.25) is 0 Å². The molecule has 1 aliphatic heterocycles. The van der Waals surface area contributed by atoms with Crippen LogP contribution in [0.2, 0.25) is 0 Å². The fourth-order valence-corrected chi connectivity index (χ4v) is 4.05. The second-order valence-corrected chi connectivity index (χ2v) is 7.54. The average Bonchev–Trinajstić information content (AvgIpc) is 2.79. The lowest BCUT2D eigenvalue weighted by atomic mass is 10.1.